The summed E-state index contributed by atoms with van der Waals surface area (Å²) in [6.07, 6.45) is 1.51. The zero-order valence-electron chi connectivity index (χ0n) is 14.9. The van der Waals surface area contributed by atoms with Crippen LogP contribution < -0.4 is 4.74 Å². The van der Waals surface area contributed by atoms with E-state index in [4.69, 9.17) is 18.3 Å². The highest BCUT2D eigenvalue weighted by Gasteiger charge is 2.13. The van der Waals surface area contributed by atoms with Gasteiger partial charge in [-0.1, -0.05) is 19.9 Å². The van der Waals surface area contributed by atoms with E-state index in [0.717, 1.165) is 5.56 Å². The second-order valence-corrected chi connectivity index (χ2v) is 6.10. The number of carbonyl (C=O) groups is 1. The monoisotopic (exact) mass is 356 g/mol. The number of benzene rings is 1. The minimum atomic E-state index is -0.520. The van der Waals surface area contributed by atoms with E-state index in [1.807, 2.05) is 25.1 Å². The van der Waals surface area contributed by atoms with Gasteiger partial charge in [-0.2, -0.15) is 0 Å². The number of rotatable bonds is 7. The van der Waals surface area contributed by atoms with Gasteiger partial charge in [0.1, 0.15) is 5.75 Å². The van der Waals surface area contributed by atoms with E-state index in [0.29, 0.717) is 17.4 Å². The first kappa shape index (κ1) is 17.7. The molecule has 7 nitrogen and oxygen atoms in total. The van der Waals surface area contributed by atoms with Crippen LogP contribution in [0.25, 0.3) is 11.7 Å². The molecule has 0 atom stereocenters. The molecule has 0 N–H and O–H groups in total. The number of carbonyl (C=O) groups excluding carboxylic acids is 1. The van der Waals surface area contributed by atoms with Crippen molar-refractivity contribution in [1.82, 2.24) is 10.2 Å². The van der Waals surface area contributed by atoms with E-state index >= 15 is 0 Å². The van der Waals surface area contributed by atoms with Crippen molar-refractivity contribution < 1.29 is 23.1 Å². The van der Waals surface area contributed by atoms with Crippen molar-refractivity contribution in [2.45, 2.75) is 33.3 Å². The molecule has 2 aromatic heterocycles. The van der Waals surface area contributed by atoms with Crippen LogP contribution in [0.5, 0.6) is 5.75 Å². The lowest BCUT2D eigenvalue weighted by molar-refractivity contribution is -0.148. The minimum Gasteiger partial charge on any atom is -0.482 e. The van der Waals surface area contributed by atoms with Crippen LogP contribution in [-0.2, 0) is 16.1 Å². The maximum atomic E-state index is 11.8. The normalized spacial score (nSPS) is 10.9. The van der Waals surface area contributed by atoms with Crippen molar-refractivity contribution in [3.63, 3.8) is 0 Å². The topological polar surface area (TPSA) is 87.6 Å². The first-order chi connectivity index (χ1) is 12.5. The lowest BCUT2D eigenvalue weighted by atomic mass is 9.98. The number of hydrogen-bond acceptors (Lipinski definition) is 7. The molecule has 0 aliphatic carbocycles. The molecule has 7 heteroatoms. The van der Waals surface area contributed by atoms with Gasteiger partial charge in [-0.05, 0) is 48.2 Å². The Morgan fingerprint density at radius 1 is 1.23 bits per heavy atom. The quantitative estimate of drug-likeness (QED) is 0.594. The molecule has 0 amide bonds. The maximum absolute atomic E-state index is 11.8. The Labute approximate surface area is 150 Å². The van der Waals surface area contributed by atoms with E-state index in [2.05, 4.69) is 24.0 Å². The van der Waals surface area contributed by atoms with Crippen LogP contribution in [0.4, 0.5) is 0 Å². The van der Waals surface area contributed by atoms with Gasteiger partial charge < -0.3 is 18.3 Å². The molecule has 2 heterocycles. The number of hydrogen-bond donors (Lipinski definition) is 0. The summed E-state index contributed by atoms with van der Waals surface area (Å²) in [6, 6.07) is 9.18. The Bertz CT molecular complexity index is 868. The molecule has 0 aliphatic rings. The summed E-state index contributed by atoms with van der Waals surface area (Å²) >= 11 is 0. The van der Waals surface area contributed by atoms with Crippen molar-refractivity contribution in [1.29, 1.82) is 0 Å². The van der Waals surface area contributed by atoms with Gasteiger partial charge in [0.05, 0.1) is 6.26 Å². The first-order valence-electron chi connectivity index (χ1n) is 8.28. The fourth-order valence-electron chi connectivity index (χ4n) is 2.52. The van der Waals surface area contributed by atoms with Crippen molar-refractivity contribution in [3.05, 3.63) is 53.6 Å². The summed E-state index contributed by atoms with van der Waals surface area (Å²) < 4.78 is 21.1. The largest absolute Gasteiger partial charge is 0.482 e. The van der Waals surface area contributed by atoms with Gasteiger partial charge in [-0.15, -0.1) is 10.2 Å². The Morgan fingerprint density at radius 3 is 2.77 bits per heavy atom. The van der Waals surface area contributed by atoms with E-state index in [-0.39, 0.29) is 25.0 Å². The molecule has 0 spiro atoms. The SMILES string of the molecule is Cc1cc(OCC(=O)OCc2nnc(-c3ccco3)o2)ccc1C(C)C. The molecule has 0 unspecified atom stereocenters. The second kappa shape index (κ2) is 7.86. The Balaban J connectivity index is 1.48. The van der Waals surface area contributed by atoms with Crippen molar-refractivity contribution >= 4 is 5.97 Å². The molecule has 3 rings (SSSR count). The molecule has 3 aromatic rings. The van der Waals surface area contributed by atoms with Crippen LogP contribution in [-0.4, -0.2) is 22.8 Å². The van der Waals surface area contributed by atoms with Gasteiger partial charge >= 0.3 is 5.97 Å². The number of furan rings is 1. The van der Waals surface area contributed by atoms with Crippen LogP contribution in [0.15, 0.2) is 45.4 Å². The van der Waals surface area contributed by atoms with Gasteiger partial charge in [0.15, 0.2) is 19.0 Å². The fraction of sp³-hybridized carbons (Fsp3) is 0.316. The van der Waals surface area contributed by atoms with Crippen LogP contribution in [0.3, 0.4) is 0 Å². The Morgan fingerprint density at radius 2 is 2.08 bits per heavy atom. The smallest absolute Gasteiger partial charge is 0.344 e. The average molecular weight is 356 g/mol. The molecule has 0 bridgehead atoms. The Hall–Kier alpha value is -3.09. The fourth-order valence-corrected chi connectivity index (χ4v) is 2.52. The summed E-state index contributed by atoms with van der Waals surface area (Å²) in [4.78, 5) is 11.8. The number of ether oxygens (including phenoxy) is 2. The minimum absolute atomic E-state index is 0.124. The molecule has 0 radical (unpaired) electrons. The third-order valence-electron chi connectivity index (χ3n) is 3.78. The van der Waals surface area contributed by atoms with E-state index < -0.39 is 5.97 Å². The highest BCUT2D eigenvalue weighted by molar-refractivity contribution is 5.71. The average Bonchev–Trinajstić information content (AvgIpc) is 3.29. The lowest BCUT2D eigenvalue weighted by Crippen LogP contribution is -2.15. The molecule has 26 heavy (non-hydrogen) atoms. The predicted molar refractivity (Wildman–Crippen MR) is 92.6 cm³/mol. The molecule has 0 saturated heterocycles. The number of aryl methyl sites for hydroxylation is 1. The number of esters is 1. The standard InChI is InChI=1S/C19H20N2O5/c1-12(2)15-7-6-14(9-13(15)3)24-11-18(22)25-10-17-20-21-19(26-17)16-5-4-8-23-16/h4-9,12H,10-11H2,1-3H3. The number of nitrogens with zero attached hydrogens (tertiary/aromatic N) is 2. The molecule has 136 valence electrons. The highest BCUT2D eigenvalue weighted by atomic mass is 16.6. The van der Waals surface area contributed by atoms with Gasteiger partial charge in [0.25, 0.3) is 11.8 Å². The van der Waals surface area contributed by atoms with Crippen molar-refractivity contribution in [2.75, 3.05) is 6.61 Å². The lowest BCUT2D eigenvalue weighted by Gasteiger charge is -2.12. The zero-order valence-corrected chi connectivity index (χ0v) is 14.9. The van der Waals surface area contributed by atoms with Crippen LogP contribution in [0.2, 0.25) is 0 Å². The highest BCUT2D eigenvalue weighted by Crippen LogP contribution is 2.23. The van der Waals surface area contributed by atoms with E-state index in [1.165, 1.54) is 11.8 Å². The molecule has 0 saturated carbocycles. The third kappa shape index (κ3) is 4.30. The van der Waals surface area contributed by atoms with Gasteiger partial charge in [0.2, 0.25) is 0 Å². The predicted octanol–water partition coefficient (Wildman–Crippen LogP) is 3.88. The maximum Gasteiger partial charge on any atom is 0.344 e. The van der Waals surface area contributed by atoms with E-state index in [1.54, 1.807) is 12.1 Å². The van der Waals surface area contributed by atoms with Crippen LogP contribution in [0.1, 0.15) is 36.8 Å². The van der Waals surface area contributed by atoms with Gasteiger partial charge in [-0.3, -0.25) is 0 Å². The molecular weight excluding hydrogens is 336 g/mol. The zero-order chi connectivity index (χ0) is 18.5. The van der Waals surface area contributed by atoms with Crippen LogP contribution in [0, 0.1) is 6.92 Å². The first-order valence-corrected chi connectivity index (χ1v) is 8.28. The summed E-state index contributed by atoms with van der Waals surface area (Å²) in [7, 11) is 0. The Kier molecular flexibility index (Phi) is 5.36. The molecule has 0 fully saturated rings. The van der Waals surface area contributed by atoms with Crippen LogP contribution >= 0.6 is 0 Å². The van der Waals surface area contributed by atoms with Crippen molar-refractivity contribution in [3.8, 4) is 17.4 Å². The molecular formula is C19H20N2O5. The van der Waals surface area contributed by atoms with Crippen molar-refractivity contribution in [2.24, 2.45) is 0 Å². The van der Waals surface area contributed by atoms with Gasteiger partial charge in [0, 0.05) is 0 Å². The summed E-state index contributed by atoms with van der Waals surface area (Å²) in [5.41, 5.74) is 2.38. The van der Waals surface area contributed by atoms with Gasteiger partial charge in [-0.25, -0.2) is 4.79 Å². The second-order valence-electron chi connectivity index (χ2n) is 6.10. The summed E-state index contributed by atoms with van der Waals surface area (Å²) in [6.45, 7) is 5.97. The number of aromatic nitrogens is 2. The summed E-state index contributed by atoms with van der Waals surface area (Å²) in [5.74, 6) is 1.42. The summed E-state index contributed by atoms with van der Waals surface area (Å²) in [5, 5.41) is 7.63. The molecule has 0 aliphatic heterocycles. The van der Waals surface area contributed by atoms with E-state index in [9.17, 15) is 4.79 Å². The third-order valence-corrected chi connectivity index (χ3v) is 3.78. The molecule has 1 aromatic carbocycles.